The van der Waals surface area contributed by atoms with Crippen molar-refractivity contribution in [1.82, 2.24) is 4.90 Å². The molecule has 1 aliphatic rings. The first-order valence-corrected chi connectivity index (χ1v) is 12.5. The van der Waals surface area contributed by atoms with E-state index in [9.17, 15) is 22.4 Å². The van der Waals surface area contributed by atoms with Crippen LogP contribution in [0.1, 0.15) is 16.7 Å². The van der Waals surface area contributed by atoms with Crippen LogP contribution in [0.5, 0.6) is 5.75 Å². The molecule has 0 bridgehead atoms. The number of aryl methyl sites for hydroxylation is 1. The Morgan fingerprint density at radius 1 is 1.06 bits per heavy atom. The summed E-state index contributed by atoms with van der Waals surface area (Å²) in [5.41, 5.74) is 1.82. The minimum absolute atomic E-state index is 0.0177. The van der Waals surface area contributed by atoms with Crippen LogP contribution in [0.3, 0.4) is 0 Å². The zero-order valence-electron chi connectivity index (χ0n) is 17.7. The molecule has 3 aromatic rings. The van der Waals surface area contributed by atoms with Crippen molar-refractivity contribution in [2.45, 2.75) is 18.4 Å². The number of hydrogen-bond acceptors (Lipinski definition) is 6. The summed E-state index contributed by atoms with van der Waals surface area (Å²) in [4.78, 5) is 26.4. The summed E-state index contributed by atoms with van der Waals surface area (Å²) in [7, 11) is -4.04. The summed E-state index contributed by atoms with van der Waals surface area (Å²) < 4.78 is 43.6. The highest BCUT2D eigenvalue weighted by atomic mass is 35.5. The minimum atomic E-state index is -4.04. The van der Waals surface area contributed by atoms with E-state index in [0.717, 1.165) is 28.3 Å². The Hall–Kier alpha value is -3.14. The fraction of sp³-hybridized carbons (Fsp3) is 0.0833. The molecular weight excluding hydrogens is 501 g/mol. The lowest BCUT2D eigenvalue weighted by Crippen LogP contribution is -2.27. The van der Waals surface area contributed by atoms with Gasteiger partial charge in [0.15, 0.2) is 0 Å². The van der Waals surface area contributed by atoms with Gasteiger partial charge in [0.05, 0.1) is 11.4 Å². The topological polar surface area (TPSA) is 80.8 Å². The molecule has 1 heterocycles. The number of imide groups is 1. The van der Waals surface area contributed by atoms with Crippen LogP contribution in [0.2, 0.25) is 5.02 Å². The number of carbonyl (C=O) groups is 2. The standard InChI is InChI=1S/C24H17ClFNO5S2/c1-15-5-9-20(10-6-15)34(30,31)32-19-4-2-3-16(11-19)12-22-23(28)27(24(29)33-22)14-17-7-8-18(26)13-21(17)25/h2-13H,14H2,1H3/b22-12-. The van der Waals surface area contributed by atoms with Gasteiger partial charge in [0, 0.05) is 5.02 Å². The third kappa shape index (κ3) is 5.32. The van der Waals surface area contributed by atoms with Crippen molar-refractivity contribution in [2.24, 2.45) is 0 Å². The molecule has 0 unspecified atom stereocenters. The molecule has 34 heavy (non-hydrogen) atoms. The number of thioether (sulfide) groups is 1. The quantitative estimate of drug-likeness (QED) is 0.304. The summed E-state index contributed by atoms with van der Waals surface area (Å²) >= 11 is 6.76. The molecule has 1 fully saturated rings. The Morgan fingerprint density at radius 3 is 2.50 bits per heavy atom. The molecule has 0 atom stereocenters. The Bertz CT molecular complexity index is 1420. The van der Waals surface area contributed by atoms with Gasteiger partial charge in [-0.05, 0) is 72.3 Å². The maximum Gasteiger partial charge on any atom is 0.339 e. The van der Waals surface area contributed by atoms with E-state index in [1.54, 1.807) is 24.3 Å². The van der Waals surface area contributed by atoms with Gasteiger partial charge in [0.25, 0.3) is 11.1 Å². The van der Waals surface area contributed by atoms with Crippen LogP contribution in [0.15, 0.2) is 76.5 Å². The SMILES string of the molecule is Cc1ccc(S(=O)(=O)Oc2cccc(/C=C3\SC(=O)N(Cc4ccc(F)cc4Cl)C3=O)c2)cc1. The monoisotopic (exact) mass is 517 g/mol. The lowest BCUT2D eigenvalue weighted by molar-refractivity contribution is -0.123. The normalized spacial score (nSPS) is 15.3. The Morgan fingerprint density at radius 2 is 1.79 bits per heavy atom. The molecule has 0 spiro atoms. The highest BCUT2D eigenvalue weighted by molar-refractivity contribution is 8.18. The van der Waals surface area contributed by atoms with E-state index in [0.29, 0.717) is 11.1 Å². The maximum absolute atomic E-state index is 13.3. The van der Waals surface area contributed by atoms with Crippen LogP contribution in [0.4, 0.5) is 9.18 Å². The van der Waals surface area contributed by atoms with E-state index >= 15 is 0 Å². The molecule has 2 amide bonds. The summed E-state index contributed by atoms with van der Waals surface area (Å²) in [6.07, 6.45) is 1.47. The molecule has 6 nitrogen and oxygen atoms in total. The molecule has 0 aliphatic carbocycles. The van der Waals surface area contributed by atoms with Crippen LogP contribution >= 0.6 is 23.4 Å². The molecule has 0 N–H and O–H groups in total. The van der Waals surface area contributed by atoms with Crippen LogP contribution in [0.25, 0.3) is 6.08 Å². The van der Waals surface area contributed by atoms with Crippen molar-refractivity contribution in [3.8, 4) is 5.75 Å². The number of hydrogen-bond donors (Lipinski definition) is 0. The zero-order chi connectivity index (χ0) is 24.5. The number of rotatable bonds is 6. The fourth-order valence-electron chi connectivity index (χ4n) is 3.14. The van der Waals surface area contributed by atoms with E-state index in [2.05, 4.69) is 0 Å². The predicted octanol–water partition coefficient (Wildman–Crippen LogP) is 5.79. The first kappa shape index (κ1) is 24.0. The van der Waals surface area contributed by atoms with Crippen molar-refractivity contribution in [2.75, 3.05) is 0 Å². The number of nitrogens with zero attached hydrogens (tertiary/aromatic N) is 1. The van der Waals surface area contributed by atoms with Gasteiger partial charge in [-0.1, -0.05) is 47.5 Å². The predicted molar refractivity (Wildman–Crippen MR) is 128 cm³/mol. The van der Waals surface area contributed by atoms with Gasteiger partial charge in [-0.15, -0.1) is 0 Å². The Balaban J connectivity index is 1.53. The molecular formula is C24H17ClFNO5S2. The van der Waals surface area contributed by atoms with Crippen molar-refractivity contribution in [3.63, 3.8) is 0 Å². The lowest BCUT2D eigenvalue weighted by Gasteiger charge is -2.13. The molecule has 174 valence electrons. The lowest BCUT2D eigenvalue weighted by atomic mass is 10.2. The highest BCUT2D eigenvalue weighted by Crippen LogP contribution is 2.34. The van der Waals surface area contributed by atoms with Crippen LogP contribution < -0.4 is 4.18 Å². The Labute approximate surface area is 205 Å². The second-order valence-corrected chi connectivity index (χ2v) is 10.4. The summed E-state index contributed by atoms with van der Waals surface area (Å²) in [6, 6.07) is 16.1. The van der Waals surface area contributed by atoms with Gasteiger partial charge in [-0.3, -0.25) is 14.5 Å². The highest BCUT2D eigenvalue weighted by Gasteiger charge is 2.35. The van der Waals surface area contributed by atoms with E-state index in [4.69, 9.17) is 15.8 Å². The minimum Gasteiger partial charge on any atom is -0.379 e. The number of halogens is 2. The first-order valence-electron chi connectivity index (χ1n) is 9.93. The van der Waals surface area contributed by atoms with Gasteiger partial charge in [-0.2, -0.15) is 8.42 Å². The number of carbonyl (C=O) groups excluding carboxylic acids is 2. The average Bonchev–Trinajstić information content (AvgIpc) is 3.03. The van der Waals surface area contributed by atoms with E-state index < -0.39 is 27.1 Å². The Kier molecular flexibility index (Phi) is 6.79. The summed E-state index contributed by atoms with van der Waals surface area (Å²) in [5.74, 6) is -0.991. The molecule has 0 saturated carbocycles. The molecule has 0 radical (unpaired) electrons. The summed E-state index contributed by atoms with van der Waals surface area (Å²) in [6.45, 7) is 1.75. The molecule has 10 heteroatoms. The molecule has 0 aromatic heterocycles. The van der Waals surface area contributed by atoms with Gasteiger partial charge >= 0.3 is 10.1 Å². The van der Waals surface area contributed by atoms with Crippen LogP contribution in [-0.2, 0) is 21.5 Å². The largest absolute Gasteiger partial charge is 0.379 e. The molecule has 4 rings (SSSR count). The van der Waals surface area contributed by atoms with Crippen LogP contribution in [0, 0.1) is 12.7 Å². The molecule has 3 aromatic carbocycles. The fourth-order valence-corrected chi connectivity index (χ4v) is 5.13. The second-order valence-electron chi connectivity index (χ2n) is 7.43. The van der Waals surface area contributed by atoms with Crippen LogP contribution in [-0.4, -0.2) is 24.5 Å². The molecule has 1 saturated heterocycles. The van der Waals surface area contributed by atoms with Crippen molar-refractivity contribution in [3.05, 3.63) is 99.2 Å². The van der Waals surface area contributed by atoms with E-state index in [1.165, 1.54) is 42.5 Å². The third-order valence-electron chi connectivity index (χ3n) is 4.89. The average molecular weight is 518 g/mol. The first-order chi connectivity index (χ1) is 16.1. The number of amides is 2. The van der Waals surface area contributed by atoms with Crippen molar-refractivity contribution >= 4 is 50.7 Å². The zero-order valence-corrected chi connectivity index (χ0v) is 20.1. The summed E-state index contributed by atoms with van der Waals surface area (Å²) in [5, 5.41) is -0.381. The van der Waals surface area contributed by atoms with Gasteiger partial charge in [-0.25, -0.2) is 4.39 Å². The van der Waals surface area contributed by atoms with Crippen molar-refractivity contribution in [1.29, 1.82) is 0 Å². The van der Waals surface area contributed by atoms with E-state index in [1.807, 2.05) is 6.92 Å². The van der Waals surface area contributed by atoms with Gasteiger partial charge in [0.2, 0.25) is 0 Å². The maximum atomic E-state index is 13.3. The van der Waals surface area contributed by atoms with Crippen molar-refractivity contribution < 1.29 is 26.6 Å². The van der Waals surface area contributed by atoms with Gasteiger partial charge in [0.1, 0.15) is 16.5 Å². The third-order valence-corrected chi connectivity index (χ3v) is 7.41. The van der Waals surface area contributed by atoms with E-state index in [-0.39, 0.29) is 27.1 Å². The number of benzene rings is 3. The van der Waals surface area contributed by atoms with Gasteiger partial charge < -0.3 is 4.18 Å². The molecule has 1 aliphatic heterocycles. The second kappa shape index (κ2) is 9.61. The smallest absolute Gasteiger partial charge is 0.339 e.